The Morgan fingerprint density at radius 3 is 2.43 bits per heavy atom. The molecule has 0 bridgehead atoms. The van der Waals surface area contributed by atoms with Crippen LogP contribution >= 0.6 is 22.9 Å². The molecule has 0 fully saturated rings. The highest BCUT2D eigenvalue weighted by atomic mass is 35.5. The molecular formula is C17H14ClNO3S. The lowest BCUT2D eigenvalue weighted by atomic mass is 10.1. The number of aromatic hydroxyl groups is 1. The van der Waals surface area contributed by atoms with Crippen LogP contribution in [0.25, 0.3) is 21.3 Å². The zero-order valence-electron chi connectivity index (χ0n) is 12.5. The van der Waals surface area contributed by atoms with Crippen LogP contribution in [0, 0.1) is 0 Å². The number of methoxy groups -OCH3 is 2. The summed E-state index contributed by atoms with van der Waals surface area (Å²) in [7, 11) is 2.97. The molecule has 3 aromatic rings. The van der Waals surface area contributed by atoms with Crippen molar-refractivity contribution in [3.05, 3.63) is 47.0 Å². The lowest BCUT2D eigenvalue weighted by Gasteiger charge is -2.09. The van der Waals surface area contributed by atoms with Gasteiger partial charge in [0, 0.05) is 0 Å². The van der Waals surface area contributed by atoms with Crippen molar-refractivity contribution in [3.63, 3.8) is 0 Å². The molecule has 118 valence electrons. The third-order valence-electron chi connectivity index (χ3n) is 3.29. The molecule has 1 heterocycles. The van der Waals surface area contributed by atoms with Crippen molar-refractivity contribution >= 4 is 44.3 Å². The molecule has 0 atom stereocenters. The van der Waals surface area contributed by atoms with Crippen LogP contribution in [-0.4, -0.2) is 24.3 Å². The number of ether oxygens (including phenoxy) is 2. The summed E-state index contributed by atoms with van der Waals surface area (Å²) in [5.41, 5.74) is 1.67. The van der Waals surface area contributed by atoms with Gasteiger partial charge in [-0.3, -0.25) is 0 Å². The van der Waals surface area contributed by atoms with Crippen LogP contribution in [0.3, 0.4) is 0 Å². The van der Waals surface area contributed by atoms with Crippen molar-refractivity contribution < 1.29 is 14.6 Å². The molecule has 0 unspecified atom stereocenters. The van der Waals surface area contributed by atoms with Crippen LogP contribution in [0.2, 0.25) is 0 Å². The number of nitrogens with zero attached hydrogens (tertiary/aromatic N) is 1. The van der Waals surface area contributed by atoms with Crippen molar-refractivity contribution in [1.82, 2.24) is 4.98 Å². The summed E-state index contributed by atoms with van der Waals surface area (Å²) in [4.78, 5) is 4.52. The van der Waals surface area contributed by atoms with Gasteiger partial charge in [-0.05, 0) is 35.9 Å². The fourth-order valence-corrected chi connectivity index (χ4v) is 3.34. The molecule has 3 rings (SSSR count). The fraction of sp³-hybridized carbons (Fsp3) is 0.118. The first-order chi connectivity index (χ1) is 11.1. The zero-order chi connectivity index (χ0) is 16.4. The summed E-state index contributed by atoms with van der Waals surface area (Å²) in [5, 5.41) is 11.2. The molecule has 0 aliphatic heterocycles. The lowest BCUT2D eigenvalue weighted by molar-refractivity contribution is 0.340. The molecule has 0 saturated heterocycles. The average Bonchev–Trinajstić information content (AvgIpc) is 3.00. The maximum Gasteiger partial charge on any atom is 0.200 e. The molecule has 6 heteroatoms. The van der Waals surface area contributed by atoms with Gasteiger partial charge in [0.2, 0.25) is 5.75 Å². The average molecular weight is 348 g/mol. The van der Waals surface area contributed by atoms with Gasteiger partial charge in [0.1, 0.15) is 5.01 Å². The Morgan fingerprint density at radius 2 is 1.83 bits per heavy atom. The number of fused-ring (bicyclic) bond motifs is 1. The number of para-hydroxylation sites is 1. The van der Waals surface area contributed by atoms with Crippen LogP contribution in [0.4, 0.5) is 0 Å². The normalized spacial score (nSPS) is 11.7. The summed E-state index contributed by atoms with van der Waals surface area (Å²) in [6, 6.07) is 11.2. The van der Waals surface area contributed by atoms with Gasteiger partial charge in [-0.2, -0.15) is 0 Å². The van der Waals surface area contributed by atoms with Gasteiger partial charge in [0.25, 0.3) is 0 Å². The molecule has 23 heavy (non-hydrogen) atoms. The summed E-state index contributed by atoms with van der Waals surface area (Å²) in [5.74, 6) is 0.608. The minimum atomic E-state index is -0.0386. The lowest BCUT2D eigenvalue weighted by Crippen LogP contribution is -1.90. The van der Waals surface area contributed by atoms with E-state index in [4.69, 9.17) is 21.1 Å². The molecule has 4 nitrogen and oxygen atoms in total. The highest BCUT2D eigenvalue weighted by Gasteiger charge is 2.12. The molecule has 2 aromatic carbocycles. The molecule has 0 amide bonds. The zero-order valence-corrected chi connectivity index (χ0v) is 14.1. The van der Waals surface area contributed by atoms with Gasteiger partial charge >= 0.3 is 0 Å². The molecule has 0 saturated carbocycles. The largest absolute Gasteiger partial charge is 0.502 e. The van der Waals surface area contributed by atoms with Crippen LogP contribution in [0.15, 0.2) is 36.4 Å². The first kappa shape index (κ1) is 15.6. The van der Waals surface area contributed by atoms with Crippen LogP contribution in [0.1, 0.15) is 10.6 Å². The Morgan fingerprint density at radius 1 is 1.17 bits per heavy atom. The van der Waals surface area contributed by atoms with E-state index >= 15 is 0 Å². The van der Waals surface area contributed by atoms with Crippen molar-refractivity contribution in [2.75, 3.05) is 14.2 Å². The number of hydrogen-bond donors (Lipinski definition) is 1. The van der Waals surface area contributed by atoms with Gasteiger partial charge in [-0.15, -0.1) is 11.3 Å². The third-order valence-corrected chi connectivity index (χ3v) is 4.76. The smallest absolute Gasteiger partial charge is 0.200 e. The summed E-state index contributed by atoms with van der Waals surface area (Å²) >= 11 is 7.93. The van der Waals surface area contributed by atoms with Gasteiger partial charge in [-0.25, -0.2) is 4.98 Å². The number of aromatic nitrogens is 1. The highest BCUT2D eigenvalue weighted by molar-refractivity contribution is 7.20. The van der Waals surface area contributed by atoms with E-state index in [0.717, 1.165) is 20.8 Å². The number of phenols is 1. The van der Waals surface area contributed by atoms with E-state index in [9.17, 15) is 5.11 Å². The standard InChI is InChI=1S/C17H14ClNO3S/c1-21-13-8-10(9-14(22-2)16(13)20)7-11(18)17-19-12-5-3-4-6-15(12)23-17/h3-9,20H,1-2H3. The maximum atomic E-state index is 9.95. The summed E-state index contributed by atoms with van der Waals surface area (Å²) in [6.07, 6.45) is 1.77. The van der Waals surface area contributed by atoms with Gasteiger partial charge in [0.05, 0.1) is 29.5 Å². The third kappa shape index (κ3) is 3.11. The van der Waals surface area contributed by atoms with E-state index in [0.29, 0.717) is 16.5 Å². The number of phenolic OH excluding ortho intramolecular Hbond substituents is 1. The number of thiazole rings is 1. The molecule has 0 spiro atoms. The van der Waals surface area contributed by atoms with E-state index in [1.807, 2.05) is 24.3 Å². The van der Waals surface area contributed by atoms with Gasteiger partial charge < -0.3 is 14.6 Å². The van der Waals surface area contributed by atoms with E-state index < -0.39 is 0 Å². The van der Waals surface area contributed by atoms with Crippen LogP contribution < -0.4 is 9.47 Å². The maximum absolute atomic E-state index is 9.95. The van der Waals surface area contributed by atoms with E-state index in [2.05, 4.69) is 4.98 Å². The quantitative estimate of drug-likeness (QED) is 0.739. The molecule has 0 radical (unpaired) electrons. The monoisotopic (exact) mass is 347 g/mol. The Hall–Kier alpha value is -2.24. The molecule has 1 N–H and O–H groups in total. The number of hydrogen-bond acceptors (Lipinski definition) is 5. The number of halogens is 1. The van der Waals surface area contributed by atoms with Gasteiger partial charge in [-0.1, -0.05) is 23.7 Å². The van der Waals surface area contributed by atoms with Crippen molar-refractivity contribution in [3.8, 4) is 17.2 Å². The Bertz CT molecular complexity index is 830. The molecule has 1 aromatic heterocycles. The predicted octanol–water partition coefficient (Wildman–Crippen LogP) is 4.76. The topological polar surface area (TPSA) is 51.6 Å². The van der Waals surface area contributed by atoms with Crippen molar-refractivity contribution in [2.45, 2.75) is 0 Å². The van der Waals surface area contributed by atoms with Crippen molar-refractivity contribution in [1.29, 1.82) is 0 Å². The summed E-state index contributed by atoms with van der Waals surface area (Å²) < 4.78 is 11.4. The first-order valence-corrected chi connectivity index (χ1v) is 8.00. The Balaban J connectivity index is 2.03. The van der Waals surface area contributed by atoms with E-state index in [1.54, 1.807) is 18.2 Å². The van der Waals surface area contributed by atoms with Crippen LogP contribution in [0.5, 0.6) is 17.2 Å². The second kappa shape index (κ2) is 6.48. The van der Waals surface area contributed by atoms with E-state index in [-0.39, 0.29) is 5.75 Å². The number of rotatable bonds is 4. The van der Waals surface area contributed by atoms with Gasteiger partial charge in [0.15, 0.2) is 11.5 Å². The minimum Gasteiger partial charge on any atom is -0.502 e. The summed E-state index contributed by atoms with van der Waals surface area (Å²) in [6.45, 7) is 0. The Kier molecular flexibility index (Phi) is 4.41. The minimum absolute atomic E-state index is 0.0386. The van der Waals surface area contributed by atoms with Crippen LogP contribution in [-0.2, 0) is 0 Å². The van der Waals surface area contributed by atoms with E-state index in [1.165, 1.54) is 25.6 Å². The highest BCUT2D eigenvalue weighted by Crippen LogP contribution is 2.39. The van der Waals surface area contributed by atoms with Crippen molar-refractivity contribution in [2.24, 2.45) is 0 Å². The molecular weight excluding hydrogens is 334 g/mol. The Labute approximate surface area is 142 Å². The first-order valence-electron chi connectivity index (χ1n) is 6.80. The number of benzene rings is 2. The predicted molar refractivity (Wildman–Crippen MR) is 94.6 cm³/mol. The molecule has 0 aliphatic carbocycles. The second-order valence-corrected chi connectivity index (χ2v) is 6.19. The molecule has 0 aliphatic rings. The second-order valence-electron chi connectivity index (χ2n) is 4.75. The SMILES string of the molecule is COc1cc(C=C(Cl)c2nc3ccccc3s2)cc(OC)c1O. The fourth-order valence-electron chi connectivity index (χ4n) is 2.18.